The number of amides is 4. The molecule has 4 rings (SSSR count). The molecule has 11 nitrogen and oxygen atoms in total. The van der Waals surface area contributed by atoms with Gasteiger partial charge < -0.3 is 20.1 Å². The summed E-state index contributed by atoms with van der Waals surface area (Å²) in [6, 6.07) is 14.1. The summed E-state index contributed by atoms with van der Waals surface area (Å²) >= 11 is 0. The Bertz CT molecular complexity index is 1570. The second-order valence-electron chi connectivity index (χ2n) is 9.05. The summed E-state index contributed by atoms with van der Waals surface area (Å²) < 4.78 is 25.7. The highest BCUT2D eigenvalue weighted by atomic mass is 19.1. The number of nitrogens with one attached hydrogen (secondary N) is 2. The third-order valence-corrected chi connectivity index (χ3v) is 6.07. The molecule has 0 unspecified atom stereocenters. The van der Waals surface area contributed by atoms with Gasteiger partial charge in [0.15, 0.2) is 11.5 Å². The molecule has 0 bridgehead atoms. The molecule has 1 aliphatic rings. The van der Waals surface area contributed by atoms with Crippen LogP contribution in [0.15, 0.2) is 79.0 Å². The van der Waals surface area contributed by atoms with Crippen LogP contribution >= 0.6 is 0 Å². The van der Waals surface area contributed by atoms with Crippen LogP contribution in [0.5, 0.6) is 11.5 Å². The number of allylic oxidation sites excluding steroid dienone is 1. The maximum Gasteiger partial charge on any atom is 0.329 e. The molecule has 0 aromatic heterocycles. The Morgan fingerprint density at radius 2 is 1.88 bits per heavy atom. The molecule has 3 aromatic rings. The number of nitrogens with zero attached hydrogens (tertiary/aromatic N) is 2. The number of carbonyl (C=O) groups is 3. The number of carbonyl (C=O) groups excluding carboxylic acids is 3. The SMILES string of the molecule is C=CCc1cc(/C=C2/NC(=O)N(CC(=O)Nc3ccccc3F)C2=O)cc(OCC)c1OCc1ccc([N+](=O)[O-])cc1. The fourth-order valence-corrected chi connectivity index (χ4v) is 4.15. The maximum absolute atomic E-state index is 13.9. The Hall–Kier alpha value is -5.52. The third-order valence-electron chi connectivity index (χ3n) is 6.07. The highest BCUT2D eigenvalue weighted by molar-refractivity contribution is 6.16. The predicted octanol–water partition coefficient (Wildman–Crippen LogP) is 4.97. The normalized spacial score (nSPS) is 13.6. The van der Waals surface area contributed by atoms with Gasteiger partial charge in [-0.25, -0.2) is 14.1 Å². The van der Waals surface area contributed by atoms with Gasteiger partial charge in [0.1, 0.15) is 24.7 Å². The molecule has 1 heterocycles. The van der Waals surface area contributed by atoms with Crippen molar-refractivity contribution in [1.29, 1.82) is 0 Å². The number of ether oxygens (including phenoxy) is 2. The van der Waals surface area contributed by atoms with Gasteiger partial charge in [-0.3, -0.25) is 19.7 Å². The quantitative estimate of drug-likeness (QED) is 0.102. The maximum atomic E-state index is 13.9. The number of urea groups is 1. The second kappa shape index (κ2) is 13.2. The van der Waals surface area contributed by atoms with Crippen molar-refractivity contribution < 1.29 is 33.2 Å². The van der Waals surface area contributed by atoms with E-state index in [0.29, 0.717) is 41.2 Å². The minimum absolute atomic E-state index is 0.0312. The van der Waals surface area contributed by atoms with Crippen molar-refractivity contribution in [2.45, 2.75) is 20.0 Å². The van der Waals surface area contributed by atoms with Crippen LogP contribution < -0.4 is 20.1 Å². The summed E-state index contributed by atoms with van der Waals surface area (Å²) in [5.74, 6) is -1.31. The van der Waals surface area contributed by atoms with E-state index in [4.69, 9.17) is 9.47 Å². The number of non-ortho nitro benzene ring substituents is 1. The molecule has 1 aliphatic heterocycles. The number of rotatable bonds is 12. The van der Waals surface area contributed by atoms with E-state index in [1.807, 2.05) is 0 Å². The van der Waals surface area contributed by atoms with Gasteiger partial charge in [0.2, 0.25) is 5.91 Å². The van der Waals surface area contributed by atoms with Crippen molar-refractivity contribution in [1.82, 2.24) is 10.2 Å². The highest BCUT2D eigenvalue weighted by Crippen LogP contribution is 2.35. The number of nitro groups is 1. The first kappa shape index (κ1) is 29.5. The van der Waals surface area contributed by atoms with Gasteiger partial charge in [-0.1, -0.05) is 18.2 Å². The summed E-state index contributed by atoms with van der Waals surface area (Å²) in [7, 11) is 0. The molecular formula is C30H27FN4O7. The van der Waals surface area contributed by atoms with E-state index in [9.17, 15) is 28.9 Å². The smallest absolute Gasteiger partial charge is 0.329 e. The number of hydrogen-bond acceptors (Lipinski definition) is 7. The number of nitro benzene ring substituents is 1. The molecule has 0 aliphatic carbocycles. The topological polar surface area (TPSA) is 140 Å². The van der Waals surface area contributed by atoms with Crippen molar-refractivity contribution >= 4 is 35.3 Å². The number of halogens is 1. The Kier molecular flexibility index (Phi) is 9.28. The molecule has 216 valence electrons. The molecule has 0 atom stereocenters. The lowest BCUT2D eigenvalue weighted by atomic mass is 10.0. The predicted molar refractivity (Wildman–Crippen MR) is 152 cm³/mol. The fourth-order valence-electron chi connectivity index (χ4n) is 4.15. The lowest BCUT2D eigenvalue weighted by Crippen LogP contribution is -2.38. The standard InChI is InChI=1S/C30H27FN4O7/c1-3-7-21-14-20(16-26(41-4-2)28(21)42-18-19-10-12-22(13-11-19)35(39)40)15-25-29(37)34(30(38)33-25)17-27(36)32-24-9-6-5-8-23(24)31/h3,5-6,8-16H,1,4,7,17-18H2,2H3,(H,32,36)(H,33,38)/b25-15+. The van der Waals surface area contributed by atoms with E-state index in [0.717, 1.165) is 4.90 Å². The van der Waals surface area contributed by atoms with E-state index in [-0.39, 0.29) is 23.7 Å². The highest BCUT2D eigenvalue weighted by Gasteiger charge is 2.35. The molecule has 2 N–H and O–H groups in total. The van der Waals surface area contributed by atoms with Crippen LogP contribution in [0.1, 0.15) is 23.6 Å². The monoisotopic (exact) mass is 574 g/mol. The van der Waals surface area contributed by atoms with Gasteiger partial charge in [0.05, 0.1) is 17.2 Å². The van der Waals surface area contributed by atoms with Crippen LogP contribution in [0.25, 0.3) is 6.08 Å². The van der Waals surface area contributed by atoms with Crippen LogP contribution in [-0.2, 0) is 22.6 Å². The molecule has 12 heteroatoms. The van der Waals surface area contributed by atoms with Crippen molar-refractivity contribution in [2.24, 2.45) is 0 Å². The molecule has 0 spiro atoms. The molecule has 0 radical (unpaired) electrons. The molecule has 3 aromatic carbocycles. The number of hydrogen-bond donors (Lipinski definition) is 2. The fraction of sp³-hybridized carbons (Fsp3) is 0.167. The van der Waals surface area contributed by atoms with Crippen LogP contribution in [0.2, 0.25) is 0 Å². The number of benzene rings is 3. The minimum Gasteiger partial charge on any atom is -0.490 e. The van der Waals surface area contributed by atoms with E-state index in [2.05, 4.69) is 17.2 Å². The first-order chi connectivity index (χ1) is 20.2. The van der Waals surface area contributed by atoms with E-state index < -0.39 is 35.1 Å². The van der Waals surface area contributed by atoms with Gasteiger partial charge in [-0.2, -0.15) is 0 Å². The lowest BCUT2D eigenvalue weighted by molar-refractivity contribution is -0.384. The Labute approximate surface area is 240 Å². The summed E-state index contributed by atoms with van der Waals surface area (Å²) in [6.07, 6.45) is 3.50. The average molecular weight is 575 g/mol. The average Bonchev–Trinajstić information content (AvgIpc) is 3.21. The zero-order valence-corrected chi connectivity index (χ0v) is 22.6. The van der Waals surface area contributed by atoms with Crippen LogP contribution in [0.3, 0.4) is 0 Å². The Morgan fingerprint density at radius 1 is 1.14 bits per heavy atom. The first-order valence-corrected chi connectivity index (χ1v) is 12.9. The van der Waals surface area contributed by atoms with Crippen molar-refractivity contribution in [2.75, 3.05) is 18.5 Å². The largest absolute Gasteiger partial charge is 0.490 e. The first-order valence-electron chi connectivity index (χ1n) is 12.9. The van der Waals surface area contributed by atoms with E-state index >= 15 is 0 Å². The summed E-state index contributed by atoms with van der Waals surface area (Å²) in [4.78, 5) is 49.1. The van der Waals surface area contributed by atoms with E-state index in [1.54, 1.807) is 37.3 Å². The molecule has 0 saturated carbocycles. The number of anilines is 1. The van der Waals surface area contributed by atoms with E-state index in [1.165, 1.54) is 42.5 Å². The molecular weight excluding hydrogens is 547 g/mol. The van der Waals surface area contributed by atoms with Gasteiger partial charge in [-0.15, -0.1) is 6.58 Å². The van der Waals surface area contributed by atoms with Crippen molar-refractivity contribution in [3.05, 3.63) is 112 Å². The Morgan fingerprint density at radius 3 is 2.55 bits per heavy atom. The van der Waals surface area contributed by atoms with Crippen LogP contribution in [0.4, 0.5) is 20.6 Å². The van der Waals surface area contributed by atoms with Gasteiger partial charge in [0, 0.05) is 17.7 Å². The number of imide groups is 1. The second-order valence-corrected chi connectivity index (χ2v) is 9.05. The zero-order chi connectivity index (χ0) is 30.2. The number of para-hydroxylation sites is 1. The van der Waals surface area contributed by atoms with Crippen LogP contribution in [0, 0.1) is 15.9 Å². The molecule has 1 fully saturated rings. The van der Waals surface area contributed by atoms with Crippen molar-refractivity contribution in [3.63, 3.8) is 0 Å². The van der Waals surface area contributed by atoms with Crippen LogP contribution in [-0.4, -0.2) is 40.8 Å². The van der Waals surface area contributed by atoms with Gasteiger partial charge in [0.25, 0.3) is 11.6 Å². The molecule has 1 saturated heterocycles. The van der Waals surface area contributed by atoms with Gasteiger partial charge in [-0.05, 0) is 66.9 Å². The van der Waals surface area contributed by atoms with Gasteiger partial charge >= 0.3 is 6.03 Å². The third kappa shape index (κ3) is 6.97. The molecule has 4 amide bonds. The Balaban J connectivity index is 1.54. The summed E-state index contributed by atoms with van der Waals surface area (Å²) in [5, 5.41) is 15.7. The summed E-state index contributed by atoms with van der Waals surface area (Å²) in [5.41, 5.74) is 1.74. The molecule has 42 heavy (non-hydrogen) atoms. The minimum atomic E-state index is -0.797. The van der Waals surface area contributed by atoms with Crippen molar-refractivity contribution in [3.8, 4) is 11.5 Å². The zero-order valence-electron chi connectivity index (χ0n) is 22.6. The lowest BCUT2D eigenvalue weighted by Gasteiger charge is -2.17. The summed E-state index contributed by atoms with van der Waals surface area (Å²) in [6.45, 7) is 5.39.